The lowest BCUT2D eigenvalue weighted by Gasteiger charge is -2.13. The van der Waals surface area contributed by atoms with E-state index in [9.17, 15) is 18.0 Å². The number of hydrazine groups is 1. The molecule has 0 aliphatic heterocycles. The monoisotopic (exact) mass is 388 g/mol. The lowest BCUT2D eigenvalue weighted by atomic mass is 10.2. The third kappa shape index (κ3) is 4.85. The van der Waals surface area contributed by atoms with Crippen LogP contribution in [0.1, 0.15) is 11.3 Å². The van der Waals surface area contributed by atoms with Crippen molar-refractivity contribution in [3.05, 3.63) is 52.1 Å². The lowest BCUT2D eigenvalue weighted by molar-refractivity contribution is -0.141. The first-order valence-corrected chi connectivity index (χ1v) is 7.18. The molecule has 0 aliphatic rings. The smallest absolute Gasteiger partial charge is 0.305 e. The number of hydrogen-bond acceptors (Lipinski definition) is 3. The number of halogens is 4. The summed E-state index contributed by atoms with van der Waals surface area (Å²) >= 11 is 3.26. The summed E-state index contributed by atoms with van der Waals surface area (Å²) in [6.07, 6.45) is -4.56. The Morgan fingerprint density at radius 1 is 1.22 bits per heavy atom. The number of para-hydroxylation sites is 1. The molecule has 23 heavy (non-hydrogen) atoms. The minimum Gasteiger partial charge on any atom is -0.305 e. The summed E-state index contributed by atoms with van der Waals surface area (Å²) in [7, 11) is 0. The number of alkyl halides is 3. The number of carbonyl (C=O) groups excluding carboxylic acids is 1. The predicted molar refractivity (Wildman–Crippen MR) is 83.9 cm³/mol. The van der Waals surface area contributed by atoms with Crippen LogP contribution in [0.4, 0.5) is 29.5 Å². The molecule has 1 heterocycles. The standard InChI is InChI=1S/C14H12BrF3N4O/c1-8-6-11(14(16,17)18)20-12(7-8)21-22-13(23)19-10-5-3-2-4-9(10)15/h2-7H,1H3,(H,20,21)(H2,19,22,23). The van der Waals surface area contributed by atoms with Crippen LogP contribution in [0, 0.1) is 6.92 Å². The van der Waals surface area contributed by atoms with Gasteiger partial charge < -0.3 is 5.32 Å². The minimum absolute atomic E-state index is 0.111. The van der Waals surface area contributed by atoms with Crippen LogP contribution in [0.5, 0.6) is 0 Å². The second kappa shape index (κ2) is 6.86. The van der Waals surface area contributed by atoms with E-state index >= 15 is 0 Å². The van der Waals surface area contributed by atoms with Gasteiger partial charge in [0.15, 0.2) is 0 Å². The number of rotatable bonds is 3. The molecule has 3 N–H and O–H groups in total. The molecule has 122 valence electrons. The fourth-order valence-corrected chi connectivity index (χ4v) is 2.10. The Bertz CT molecular complexity index is 721. The molecular formula is C14H12BrF3N4O. The van der Waals surface area contributed by atoms with E-state index in [4.69, 9.17) is 0 Å². The molecule has 0 unspecified atom stereocenters. The number of anilines is 2. The first-order chi connectivity index (χ1) is 10.8. The summed E-state index contributed by atoms with van der Waals surface area (Å²) in [6.45, 7) is 1.50. The highest BCUT2D eigenvalue weighted by Gasteiger charge is 2.33. The summed E-state index contributed by atoms with van der Waals surface area (Å²) < 4.78 is 38.7. The summed E-state index contributed by atoms with van der Waals surface area (Å²) in [5.74, 6) is -0.111. The second-order valence-electron chi connectivity index (χ2n) is 4.60. The number of pyridine rings is 1. The molecule has 0 spiro atoms. The molecule has 0 saturated carbocycles. The van der Waals surface area contributed by atoms with Crippen LogP contribution in [-0.4, -0.2) is 11.0 Å². The van der Waals surface area contributed by atoms with Crippen molar-refractivity contribution in [1.82, 2.24) is 10.4 Å². The lowest BCUT2D eigenvalue weighted by Crippen LogP contribution is -2.34. The van der Waals surface area contributed by atoms with E-state index in [0.29, 0.717) is 15.7 Å². The Morgan fingerprint density at radius 2 is 1.91 bits per heavy atom. The molecule has 1 aromatic heterocycles. The maximum atomic E-state index is 12.7. The van der Waals surface area contributed by atoms with Crippen molar-refractivity contribution in [3.8, 4) is 0 Å². The van der Waals surface area contributed by atoms with Gasteiger partial charge in [-0.25, -0.2) is 9.78 Å². The molecule has 0 aliphatic carbocycles. The van der Waals surface area contributed by atoms with Crippen LogP contribution in [0.3, 0.4) is 0 Å². The van der Waals surface area contributed by atoms with Gasteiger partial charge in [-0.05, 0) is 52.7 Å². The van der Waals surface area contributed by atoms with Gasteiger partial charge in [-0.3, -0.25) is 10.9 Å². The minimum atomic E-state index is -4.56. The van der Waals surface area contributed by atoms with Gasteiger partial charge >= 0.3 is 12.2 Å². The summed E-state index contributed by atoms with van der Waals surface area (Å²) in [4.78, 5) is 15.2. The van der Waals surface area contributed by atoms with Crippen molar-refractivity contribution < 1.29 is 18.0 Å². The Kier molecular flexibility index (Phi) is 5.09. The Hall–Kier alpha value is -2.29. The van der Waals surface area contributed by atoms with E-state index in [0.717, 1.165) is 6.07 Å². The van der Waals surface area contributed by atoms with Gasteiger partial charge in [-0.2, -0.15) is 13.2 Å². The van der Waals surface area contributed by atoms with Gasteiger partial charge in [0.05, 0.1) is 5.69 Å². The van der Waals surface area contributed by atoms with E-state index < -0.39 is 17.9 Å². The van der Waals surface area contributed by atoms with Crippen LogP contribution in [-0.2, 0) is 6.18 Å². The molecule has 0 saturated heterocycles. The SMILES string of the molecule is Cc1cc(NNC(=O)Nc2ccccc2Br)nc(C(F)(F)F)c1. The van der Waals surface area contributed by atoms with Crippen LogP contribution >= 0.6 is 15.9 Å². The Balaban J connectivity index is 2.02. The van der Waals surface area contributed by atoms with E-state index in [1.54, 1.807) is 24.3 Å². The van der Waals surface area contributed by atoms with Crippen molar-refractivity contribution >= 4 is 33.5 Å². The molecule has 2 aromatic rings. The highest BCUT2D eigenvalue weighted by molar-refractivity contribution is 9.10. The maximum Gasteiger partial charge on any atom is 0.433 e. The number of hydrogen-bond donors (Lipinski definition) is 3. The Labute approximate surface area is 138 Å². The Morgan fingerprint density at radius 3 is 2.57 bits per heavy atom. The third-order valence-corrected chi connectivity index (χ3v) is 3.38. The number of benzene rings is 1. The number of nitrogens with one attached hydrogen (secondary N) is 3. The number of aromatic nitrogens is 1. The molecule has 2 amide bonds. The zero-order valence-electron chi connectivity index (χ0n) is 11.8. The topological polar surface area (TPSA) is 66.0 Å². The highest BCUT2D eigenvalue weighted by Crippen LogP contribution is 2.29. The molecule has 0 fully saturated rings. The zero-order valence-corrected chi connectivity index (χ0v) is 13.4. The third-order valence-electron chi connectivity index (χ3n) is 2.69. The molecule has 5 nitrogen and oxygen atoms in total. The molecular weight excluding hydrogens is 377 g/mol. The van der Waals surface area contributed by atoms with Crippen LogP contribution in [0.25, 0.3) is 0 Å². The van der Waals surface area contributed by atoms with Crippen LogP contribution < -0.4 is 16.2 Å². The average molecular weight is 389 g/mol. The normalized spacial score (nSPS) is 11.0. The first kappa shape index (κ1) is 17.1. The quantitative estimate of drug-likeness (QED) is 0.686. The highest BCUT2D eigenvalue weighted by atomic mass is 79.9. The van der Waals surface area contributed by atoms with Crippen molar-refractivity contribution in [2.24, 2.45) is 0 Å². The predicted octanol–water partition coefficient (Wildman–Crippen LogP) is 4.32. The van der Waals surface area contributed by atoms with E-state index in [1.165, 1.54) is 13.0 Å². The van der Waals surface area contributed by atoms with Gasteiger partial charge in [-0.1, -0.05) is 12.1 Å². The molecule has 1 aromatic carbocycles. The number of urea groups is 1. The number of aryl methyl sites for hydroxylation is 1. The second-order valence-corrected chi connectivity index (χ2v) is 5.45. The van der Waals surface area contributed by atoms with Gasteiger partial charge in [0.2, 0.25) is 0 Å². The van der Waals surface area contributed by atoms with Gasteiger partial charge in [0.1, 0.15) is 11.5 Å². The van der Waals surface area contributed by atoms with E-state index in [1.807, 2.05) is 0 Å². The molecule has 0 radical (unpaired) electrons. The zero-order chi connectivity index (χ0) is 17.0. The number of carbonyl (C=O) groups is 1. The fourth-order valence-electron chi connectivity index (χ4n) is 1.71. The molecule has 9 heteroatoms. The largest absolute Gasteiger partial charge is 0.433 e. The number of nitrogens with zero attached hydrogens (tertiary/aromatic N) is 1. The fraction of sp³-hybridized carbons (Fsp3) is 0.143. The average Bonchev–Trinajstić information content (AvgIpc) is 2.46. The molecule has 0 bridgehead atoms. The van der Waals surface area contributed by atoms with Gasteiger partial charge in [0, 0.05) is 4.47 Å². The van der Waals surface area contributed by atoms with Crippen molar-refractivity contribution in [2.75, 3.05) is 10.7 Å². The summed E-state index contributed by atoms with van der Waals surface area (Å²) in [5, 5.41) is 2.53. The van der Waals surface area contributed by atoms with Gasteiger partial charge in [-0.15, -0.1) is 0 Å². The summed E-state index contributed by atoms with van der Waals surface area (Å²) in [6, 6.07) is 8.57. The summed E-state index contributed by atoms with van der Waals surface area (Å²) in [5.41, 5.74) is 4.42. The maximum absolute atomic E-state index is 12.7. The number of amides is 2. The molecule has 2 rings (SSSR count). The first-order valence-electron chi connectivity index (χ1n) is 6.39. The van der Waals surface area contributed by atoms with Crippen LogP contribution in [0.2, 0.25) is 0 Å². The van der Waals surface area contributed by atoms with E-state index in [2.05, 4.69) is 37.1 Å². The van der Waals surface area contributed by atoms with Crippen molar-refractivity contribution in [3.63, 3.8) is 0 Å². The van der Waals surface area contributed by atoms with Crippen molar-refractivity contribution in [1.29, 1.82) is 0 Å². The van der Waals surface area contributed by atoms with Gasteiger partial charge in [0.25, 0.3) is 0 Å². The van der Waals surface area contributed by atoms with Crippen LogP contribution in [0.15, 0.2) is 40.9 Å². The van der Waals surface area contributed by atoms with E-state index in [-0.39, 0.29) is 5.82 Å². The van der Waals surface area contributed by atoms with Crippen molar-refractivity contribution in [2.45, 2.75) is 13.1 Å². The molecule has 0 atom stereocenters.